The molecule has 4 nitrogen and oxygen atoms in total. The molecule has 1 heterocycles. The Balaban J connectivity index is 2.01. The minimum Gasteiger partial charge on any atom is -0.315 e. The zero-order chi connectivity index (χ0) is 13.9. The quantitative estimate of drug-likeness (QED) is 0.877. The first kappa shape index (κ1) is 15.0. The Labute approximate surface area is 119 Å². The second-order valence-electron chi connectivity index (χ2n) is 5.33. The van der Waals surface area contributed by atoms with Crippen molar-refractivity contribution in [3.8, 4) is 0 Å². The van der Waals surface area contributed by atoms with Gasteiger partial charge in [-0.1, -0.05) is 6.92 Å². The van der Waals surface area contributed by atoms with E-state index >= 15 is 0 Å². The van der Waals surface area contributed by atoms with Crippen LogP contribution in [0.25, 0.3) is 0 Å². The molecule has 19 heavy (non-hydrogen) atoms. The molecule has 2 rings (SSSR count). The van der Waals surface area contributed by atoms with Gasteiger partial charge in [-0.3, -0.25) is 0 Å². The Morgan fingerprint density at radius 2 is 1.95 bits per heavy atom. The van der Waals surface area contributed by atoms with Gasteiger partial charge in [-0.25, -0.2) is 13.1 Å². The van der Waals surface area contributed by atoms with Crippen LogP contribution in [0.4, 0.5) is 0 Å². The fourth-order valence-corrected chi connectivity index (χ4v) is 5.12. The molecule has 1 fully saturated rings. The first-order valence-electron chi connectivity index (χ1n) is 6.77. The lowest BCUT2D eigenvalue weighted by Gasteiger charge is -2.26. The van der Waals surface area contributed by atoms with Crippen molar-refractivity contribution < 1.29 is 8.42 Å². The maximum Gasteiger partial charge on any atom is 0.250 e. The molecule has 1 aromatic heterocycles. The van der Waals surface area contributed by atoms with Crippen molar-refractivity contribution in [2.24, 2.45) is 5.92 Å². The molecule has 1 aliphatic rings. The topological polar surface area (TPSA) is 58.2 Å². The van der Waals surface area contributed by atoms with E-state index < -0.39 is 10.0 Å². The van der Waals surface area contributed by atoms with Crippen LogP contribution in [0.3, 0.4) is 0 Å². The van der Waals surface area contributed by atoms with Gasteiger partial charge in [0, 0.05) is 17.5 Å². The van der Waals surface area contributed by atoms with Crippen LogP contribution in [0, 0.1) is 5.92 Å². The second-order valence-corrected chi connectivity index (χ2v) is 8.44. The lowest BCUT2D eigenvalue weighted by atomic mass is 9.88. The number of rotatable bonds is 5. The van der Waals surface area contributed by atoms with Crippen LogP contribution in [-0.4, -0.2) is 21.5 Å². The number of nitrogens with one attached hydrogen (secondary N) is 2. The summed E-state index contributed by atoms with van der Waals surface area (Å²) in [6, 6.07) is 3.68. The van der Waals surface area contributed by atoms with E-state index in [1.165, 1.54) is 11.3 Å². The van der Waals surface area contributed by atoms with Crippen LogP contribution in [0.15, 0.2) is 16.3 Å². The minimum absolute atomic E-state index is 0.107. The first-order valence-corrected chi connectivity index (χ1v) is 9.07. The highest BCUT2D eigenvalue weighted by molar-refractivity contribution is 7.91. The van der Waals surface area contributed by atoms with Crippen molar-refractivity contribution in [2.75, 3.05) is 7.05 Å². The Kier molecular flexibility index (Phi) is 5.00. The van der Waals surface area contributed by atoms with E-state index in [0.717, 1.165) is 36.5 Å². The van der Waals surface area contributed by atoms with E-state index in [4.69, 9.17) is 0 Å². The van der Waals surface area contributed by atoms with Crippen molar-refractivity contribution in [3.63, 3.8) is 0 Å². The van der Waals surface area contributed by atoms with E-state index in [-0.39, 0.29) is 6.04 Å². The molecule has 0 spiro atoms. The highest BCUT2D eigenvalue weighted by Crippen LogP contribution is 2.26. The maximum atomic E-state index is 12.3. The van der Waals surface area contributed by atoms with Gasteiger partial charge >= 0.3 is 0 Å². The van der Waals surface area contributed by atoms with E-state index in [2.05, 4.69) is 17.0 Å². The molecule has 1 aromatic rings. The predicted molar refractivity (Wildman–Crippen MR) is 78.8 cm³/mol. The Morgan fingerprint density at radius 3 is 2.58 bits per heavy atom. The Hall–Kier alpha value is -0.430. The summed E-state index contributed by atoms with van der Waals surface area (Å²) in [5, 5.41) is 3.03. The van der Waals surface area contributed by atoms with Gasteiger partial charge in [0.1, 0.15) is 4.21 Å². The Morgan fingerprint density at radius 1 is 1.26 bits per heavy atom. The lowest BCUT2D eigenvalue weighted by molar-refractivity contribution is 0.332. The van der Waals surface area contributed by atoms with Gasteiger partial charge in [-0.15, -0.1) is 11.3 Å². The summed E-state index contributed by atoms with van der Waals surface area (Å²) in [5.74, 6) is 0.727. The lowest BCUT2D eigenvalue weighted by Crippen LogP contribution is -2.36. The highest BCUT2D eigenvalue weighted by atomic mass is 32.2. The van der Waals surface area contributed by atoms with Gasteiger partial charge in [0.05, 0.1) is 0 Å². The van der Waals surface area contributed by atoms with Crippen LogP contribution in [-0.2, 0) is 16.6 Å². The molecule has 0 atom stereocenters. The van der Waals surface area contributed by atoms with Gasteiger partial charge in [0.15, 0.2) is 0 Å². The van der Waals surface area contributed by atoms with E-state index in [1.807, 2.05) is 13.1 Å². The predicted octanol–water partition coefficient (Wildman–Crippen LogP) is 2.32. The summed E-state index contributed by atoms with van der Waals surface area (Å²) in [6.07, 6.45) is 4.13. The minimum atomic E-state index is -3.33. The molecule has 0 saturated heterocycles. The highest BCUT2D eigenvalue weighted by Gasteiger charge is 2.25. The second kappa shape index (κ2) is 6.35. The fourth-order valence-electron chi connectivity index (χ4n) is 2.43. The van der Waals surface area contributed by atoms with Gasteiger partial charge in [-0.2, -0.15) is 0 Å². The average Bonchev–Trinajstić information content (AvgIpc) is 2.82. The normalized spacial score (nSPS) is 24.5. The molecule has 0 amide bonds. The molecule has 1 saturated carbocycles. The third-order valence-electron chi connectivity index (χ3n) is 3.59. The summed E-state index contributed by atoms with van der Waals surface area (Å²) in [6.45, 7) is 2.94. The standard InChI is InChI=1S/C13H22N2O2S2/c1-10-3-5-11(6-4-10)15-19(16,17)13-8-7-12(18-13)9-14-2/h7-8,10-11,14-15H,3-6,9H2,1-2H3. The molecule has 1 aliphatic carbocycles. The van der Waals surface area contributed by atoms with Crippen LogP contribution in [0.2, 0.25) is 0 Å². The SMILES string of the molecule is CNCc1ccc(S(=O)(=O)NC2CCC(C)CC2)s1. The van der Waals surface area contributed by atoms with Crippen LogP contribution >= 0.6 is 11.3 Å². The molecule has 0 radical (unpaired) electrons. The zero-order valence-electron chi connectivity index (χ0n) is 11.5. The summed E-state index contributed by atoms with van der Waals surface area (Å²) < 4.78 is 27.8. The van der Waals surface area contributed by atoms with Gasteiger partial charge < -0.3 is 5.32 Å². The van der Waals surface area contributed by atoms with Crippen molar-refractivity contribution >= 4 is 21.4 Å². The number of sulfonamides is 1. The molecule has 0 aromatic carbocycles. The first-order chi connectivity index (χ1) is 9.01. The maximum absolute atomic E-state index is 12.3. The third kappa shape index (κ3) is 4.02. The van der Waals surface area contributed by atoms with Gasteiger partial charge in [0.25, 0.3) is 0 Å². The van der Waals surface area contributed by atoms with Crippen molar-refractivity contribution in [1.82, 2.24) is 10.0 Å². The number of hydrogen-bond donors (Lipinski definition) is 2. The zero-order valence-corrected chi connectivity index (χ0v) is 13.1. The number of thiophene rings is 1. The van der Waals surface area contributed by atoms with Crippen LogP contribution in [0.5, 0.6) is 0 Å². The average molecular weight is 302 g/mol. The smallest absolute Gasteiger partial charge is 0.250 e. The molecular weight excluding hydrogens is 280 g/mol. The van der Waals surface area contributed by atoms with E-state index in [1.54, 1.807) is 6.07 Å². The largest absolute Gasteiger partial charge is 0.315 e. The number of hydrogen-bond acceptors (Lipinski definition) is 4. The molecule has 2 N–H and O–H groups in total. The molecule has 0 bridgehead atoms. The van der Waals surface area contributed by atoms with Gasteiger partial charge in [0.2, 0.25) is 10.0 Å². The van der Waals surface area contributed by atoms with Gasteiger partial charge in [-0.05, 0) is 50.8 Å². The molecular formula is C13H22N2O2S2. The fraction of sp³-hybridized carbons (Fsp3) is 0.692. The van der Waals surface area contributed by atoms with Crippen molar-refractivity contribution in [2.45, 2.75) is 49.4 Å². The summed E-state index contributed by atoms with van der Waals surface area (Å²) in [5.41, 5.74) is 0. The molecule has 0 unspecified atom stereocenters. The van der Waals surface area contributed by atoms with Crippen molar-refractivity contribution in [1.29, 1.82) is 0 Å². The molecule has 6 heteroatoms. The van der Waals surface area contributed by atoms with Crippen LogP contribution < -0.4 is 10.0 Å². The Bertz CT molecular complexity index is 502. The summed E-state index contributed by atoms with van der Waals surface area (Å²) in [4.78, 5) is 1.04. The van der Waals surface area contributed by atoms with Crippen LogP contribution in [0.1, 0.15) is 37.5 Å². The van der Waals surface area contributed by atoms with E-state index in [9.17, 15) is 8.42 Å². The monoisotopic (exact) mass is 302 g/mol. The summed E-state index contributed by atoms with van der Waals surface area (Å²) in [7, 11) is -1.48. The molecule has 0 aliphatic heterocycles. The molecule has 108 valence electrons. The third-order valence-corrected chi connectivity index (χ3v) is 6.69. The van der Waals surface area contributed by atoms with E-state index in [0.29, 0.717) is 10.8 Å². The summed E-state index contributed by atoms with van der Waals surface area (Å²) >= 11 is 1.34. The van der Waals surface area contributed by atoms with Crippen molar-refractivity contribution in [3.05, 3.63) is 17.0 Å².